The van der Waals surface area contributed by atoms with Gasteiger partial charge in [0.2, 0.25) is 0 Å². The average Bonchev–Trinajstić information content (AvgIpc) is 2.30. The Hall–Kier alpha value is -0.160. The van der Waals surface area contributed by atoms with Crippen LogP contribution < -0.4 is 10.6 Å². The number of likely N-dealkylation sites (N-methyl/N-ethyl adjacent to an activating group) is 1. The van der Waals surface area contributed by atoms with E-state index >= 15 is 0 Å². The maximum Gasteiger partial charge on any atom is 0.0712 e. The molecule has 0 spiro atoms. The van der Waals surface area contributed by atoms with Crippen LogP contribution in [0, 0.1) is 0 Å². The van der Waals surface area contributed by atoms with Crippen molar-refractivity contribution < 1.29 is 4.74 Å². The van der Waals surface area contributed by atoms with Gasteiger partial charge < -0.3 is 20.3 Å². The van der Waals surface area contributed by atoms with Gasteiger partial charge in [0.05, 0.1) is 12.7 Å². The highest BCUT2D eigenvalue weighted by molar-refractivity contribution is 4.77. The molecule has 0 aromatic rings. The molecule has 0 aromatic heterocycles. The number of hydrogen-bond donors (Lipinski definition) is 2. The maximum absolute atomic E-state index is 5.68. The predicted molar refractivity (Wildman–Crippen MR) is 65.7 cm³/mol. The third-order valence-electron chi connectivity index (χ3n) is 3.53. The smallest absolute Gasteiger partial charge is 0.0712 e. The molecule has 0 aromatic carbocycles. The van der Waals surface area contributed by atoms with Crippen LogP contribution in [0.25, 0.3) is 0 Å². The lowest BCUT2D eigenvalue weighted by molar-refractivity contribution is 0.0231. The van der Waals surface area contributed by atoms with Gasteiger partial charge in [-0.3, -0.25) is 0 Å². The summed E-state index contributed by atoms with van der Waals surface area (Å²) < 4.78 is 5.68. The molecule has 2 aliphatic rings. The first-order valence-corrected chi connectivity index (χ1v) is 6.59. The van der Waals surface area contributed by atoms with Gasteiger partial charge in [-0.15, -0.1) is 0 Å². The van der Waals surface area contributed by atoms with Gasteiger partial charge in [-0.2, -0.15) is 0 Å². The number of hydrogen-bond acceptors (Lipinski definition) is 4. The van der Waals surface area contributed by atoms with Crippen molar-refractivity contribution in [2.45, 2.75) is 31.4 Å². The van der Waals surface area contributed by atoms with Crippen LogP contribution in [-0.2, 0) is 4.74 Å². The molecule has 94 valence electrons. The van der Waals surface area contributed by atoms with Gasteiger partial charge in [-0.25, -0.2) is 0 Å². The molecule has 4 nitrogen and oxygen atoms in total. The van der Waals surface area contributed by atoms with Gasteiger partial charge in [0.25, 0.3) is 0 Å². The molecule has 16 heavy (non-hydrogen) atoms. The molecule has 0 saturated carbocycles. The SMILES string of the molecule is CN1CCCC(NCCC2CNCCO2)C1. The molecule has 2 atom stereocenters. The van der Waals surface area contributed by atoms with E-state index in [0.717, 1.165) is 32.7 Å². The third-order valence-corrected chi connectivity index (χ3v) is 3.53. The number of rotatable bonds is 4. The number of nitrogens with one attached hydrogen (secondary N) is 2. The first-order valence-electron chi connectivity index (χ1n) is 6.59. The molecule has 2 aliphatic heterocycles. The fraction of sp³-hybridized carbons (Fsp3) is 1.00. The Morgan fingerprint density at radius 3 is 3.19 bits per heavy atom. The van der Waals surface area contributed by atoms with Crippen molar-refractivity contribution >= 4 is 0 Å². The van der Waals surface area contributed by atoms with E-state index in [1.54, 1.807) is 0 Å². The van der Waals surface area contributed by atoms with E-state index in [1.807, 2.05) is 0 Å². The maximum atomic E-state index is 5.68. The van der Waals surface area contributed by atoms with E-state index in [4.69, 9.17) is 4.74 Å². The second-order valence-electron chi connectivity index (χ2n) is 5.04. The van der Waals surface area contributed by atoms with Crippen LogP contribution in [0.2, 0.25) is 0 Å². The standard InChI is InChI=1S/C12H25N3O/c1-15-7-2-3-11(10-15)14-5-4-12-9-13-6-8-16-12/h11-14H,2-10H2,1H3. The quantitative estimate of drug-likeness (QED) is 0.711. The second-order valence-corrected chi connectivity index (χ2v) is 5.04. The highest BCUT2D eigenvalue weighted by Crippen LogP contribution is 2.08. The van der Waals surface area contributed by atoms with E-state index in [0.29, 0.717) is 12.1 Å². The molecule has 0 aliphatic carbocycles. The molecule has 4 heteroatoms. The molecule has 2 saturated heterocycles. The highest BCUT2D eigenvalue weighted by Gasteiger charge is 2.17. The predicted octanol–water partition coefficient (Wildman–Crippen LogP) is 0.0487. The molecule has 2 fully saturated rings. The van der Waals surface area contributed by atoms with Crippen LogP contribution in [0.4, 0.5) is 0 Å². The summed E-state index contributed by atoms with van der Waals surface area (Å²) in [6.07, 6.45) is 4.21. The zero-order valence-electron chi connectivity index (χ0n) is 10.4. The number of ether oxygens (including phenoxy) is 1. The van der Waals surface area contributed by atoms with E-state index in [1.165, 1.54) is 25.9 Å². The van der Waals surface area contributed by atoms with E-state index in [9.17, 15) is 0 Å². The minimum Gasteiger partial charge on any atom is -0.376 e. The summed E-state index contributed by atoms with van der Waals surface area (Å²) in [4.78, 5) is 2.42. The molecule has 2 N–H and O–H groups in total. The van der Waals surface area contributed by atoms with Crippen LogP contribution in [0.1, 0.15) is 19.3 Å². The number of nitrogens with zero attached hydrogens (tertiary/aromatic N) is 1. The Balaban J connectivity index is 1.56. The van der Waals surface area contributed by atoms with Crippen molar-refractivity contribution in [2.24, 2.45) is 0 Å². The van der Waals surface area contributed by atoms with E-state index in [-0.39, 0.29) is 0 Å². The lowest BCUT2D eigenvalue weighted by atomic mass is 10.1. The number of morpholine rings is 1. The molecule has 0 bridgehead atoms. The van der Waals surface area contributed by atoms with Gasteiger partial charge in [0.1, 0.15) is 0 Å². The minimum atomic E-state index is 0.419. The van der Waals surface area contributed by atoms with Crippen LogP contribution in [0.3, 0.4) is 0 Å². The van der Waals surface area contributed by atoms with Crippen molar-refractivity contribution in [3.05, 3.63) is 0 Å². The summed E-state index contributed by atoms with van der Waals surface area (Å²) in [5.74, 6) is 0. The molecule has 2 unspecified atom stereocenters. The van der Waals surface area contributed by atoms with Crippen molar-refractivity contribution in [2.75, 3.05) is 46.4 Å². The van der Waals surface area contributed by atoms with Gasteiger partial charge >= 0.3 is 0 Å². The Morgan fingerprint density at radius 2 is 2.44 bits per heavy atom. The molecule has 2 heterocycles. The largest absolute Gasteiger partial charge is 0.376 e. The topological polar surface area (TPSA) is 36.5 Å². The molecular weight excluding hydrogens is 202 g/mol. The van der Waals surface area contributed by atoms with Crippen LogP contribution in [0.5, 0.6) is 0 Å². The van der Waals surface area contributed by atoms with Crippen molar-refractivity contribution in [1.29, 1.82) is 0 Å². The molecule has 2 rings (SSSR count). The average molecular weight is 227 g/mol. The van der Waals surface area contributed by atoms with Crippen LogP contribution >= 0.6 is 0 Å². The van der Waals surface area contributed by atoms with Crippen molar-refractivity contribution in [3.63, 3.8) is 0 Å². The fourth-order valence-corrected chi connectivity index (χ4v) is 2.59. The summed E-state index contributed by atoms with van der Waals surface area (Å²) in [7, 11) is 2.21. The zero-order valence-corrected chi connectivity index (χ0v) is 10.4. The summed E-state index contributed by atoms with van der Waals surface area (Å²) in [6.45, 7) is 6.45. The molecule has 0 radical (unpaired) electrons. The van der Waals surface area contributed by atoms with Crippen LogP contribution in [0.15, 0.2) is 0 Å². The molecular formula is C12H25N3O. The van der Waals surface area contributed by atoms with E-state index < -0.39 is 0 Å². The van der Waals surface area contributed by atoms with Gasteiger partial charge in [0, 0.05) is 25.7 Å². The summed E-state index contributed by atoms with van der Waals surface area (Å²) >= 11 is 0. The number of piperidine rings is 1. The van der Waals surface area contributed by atoms with Crippen molar-refractivity contribution in [1.82, 2.24) is 15.5 Å². The summed E-state index contributed by atoms with van der Waals surface area (Å²) in [6, 6.07) is 0.690. The summed E-state index contributed by atoms with van der Waals surface area (Å²) in [5.41, 5.74) is 0. The summed E-state index contributed by atoms with van der Waals surface area (Å²) in [5, 5.41) is 7.02. The lowest BCUT2D eigenvalue weighted by Crippen LogP contribution is -2.46. The Bertz CT molecular complexity index is 195. The number of likely N-dealkylation sites (tertiary alicyclic amines) is 1. The minimum absolute atomic E-state index is 0.419. The fourth-order valence-electron chi connectivity index (χ4n) is 2.59. The van der Waals surface area contributed by atoms with E-state index in [2.05, 4.69) is 22.6 Å². The van der Waals surface area contributed by atoms with Gasteiger partial charge in [-0.05, 0) is 39.4 Å². The monoisotopic (exact) mass is 227 g/mol. The first kappa shape index (κ1) is 12.3. The Kier molecular flexibility index (Phi) is 5.03. The third kappa shape index (κ3) is 4.01. The normalized spacial score (nSPS) is 32.8. The molecule has 0 amide bonds. The Morgan fingerprint density at radius 1 is 1.50 bits per heavy atom. The second kappa shape index (κ2) is 6.55. The zero-order chi connectivity index (χ0) is 11.2. The lowest BCUT2D eigenvalue weighted by Gasteiger charge is -2.31. The first-order chi connectivity index (χ1) is 7.84. The Labute approximate surface area is 98.7 Å². The van der Waals surface area contributed by atoms with Gasteiger partial charge in [0.15, 0.2) is 0 Å². The van der Waals surface area contributed by atoms with Gasteiger partial charge in [-0.1, -0.05) is 0 Å². The van der Waals surface area contributed by atoms with Crippen molar-refractivity contribution in [3.8, 4) is 0 Å². The highest BCUT2D eigenvalue weighted by atomic mass is 16.5. The van der Waals surface area contributed by atoms with Crippen LogP contribution in [-0.4, -0.2) is 63.4 Å².